The lowest BCUT2D eigenvalue weighted by Gasteiger charge is -2.50. The molecule has 162 valence electrons. The second kappa shape index (κ2) is 7.88. The molecule has 31 heavy (non-hydrogen) atoms. The molecule has 0 spiro atoms. The summed E-state index contributed by atoms with van der Waals surface area (Å²) in [7, 11) is 0. The molecule has 0 bridgehead atoms. The molecule has 0 aliphatic carbocycles. The minimum Gasteiger partial charge on any atom is -0.364 e. The van der Waals surface area contributed by atoms with Gasteiger partial charge in [-0.05, 0) is 74.9 Å². The van der Waals surface area contributed by atoms with E-state index in [1.165, 1.54) is 16.2 Å². The third-order valence-electron chi connectivity index (χ3n) is 6.27. The number of imide groups is 1. The predicted molar refractivity (Wildman–Crippen MR) is 125 cm³/mol. The molecule has 0 aromatic heterocycles. The van der Waals surface area contributed by atoms with Crippen LogP contribution >= 0.6 is 0 Å². The number of amides is 3. The lowest BCUT2D eigenvalue weighted by molar-refractivity contribution is -0.123. The van der Waals surface area contributed by atoms with Crippen molar-refractivity contribution in [2.24, 2.45) is 0 Å². The third kappa shape index (κ3) is 3.97. The summed E-state index contributed by atoms with van der Waals surface area (Å²) in [5.74, 6) is 0.131. The maximum absolute atomic E-state index is 12.9. The minimum absolute atomic E-state index is 0.0912. The summed E-state index contributed by atoms with van der Waals surface area (Å²) in [5.41, 5.74) is 4.82. The first-order valence-electron chi connectivity index (χ1n) is 11.0. The molecular formula is C26H31N3O2. The number of hydrogen-bond acceptors (Lipinski definition) is 3. The van der Waals surface area contributed by atoms with E-state index in [9.17, 15) is 9.59 Å². The predicted octanol–water partition coefficient (Wildman–Crippen LogP) is 5.28. The van der Waals surface area contributed by atoms with Crippen LogP contribution < -0.4 is 10.2 Å². The van der Waals surface area contributed by atoms with E-state index in [0.29, 0.717) is 17.7 Å². The Labute approximate surface area is 184 Å². The maximum atomic E-state index is 12.9. The lowest BCUT2D eigenvalue weighted by atomic mass is 9.79. The van der Waals surface area contributed by atoms with Crippen LogP contribution in [0.2, 0.25) is 0 Å². The molecule has 5 nitrogen and oxygen atoms in total. The van der Waals surface area contributed by atoms with Gasteiger partial charge in [0.05, 0.1) is 6.54 Å². The Balaban J connectivity index is 1.62. The number of anilines is 1. The molecule has 1 N–H and O–H groups in total. The van der Waals surface area contributed by atoms with Crippen molar-refractivity contribution in [3.05, 3.63) is 70.9 Å². The minimum atomic E-state index is -0.376. The third-order valence-corrected chi connectivity index (χ3v) is 6.27. The van der Waals surface area contributed by atoms with E-state index in [-0.39, 0.29) is 24.0 Å². The van der Waals surface area contributed by atoms with Crippen molar-refractivity contribution in [1.82, 2.24) is 10.2 Å². The molecular weight excluding hydrogens is 386 g/mol. The Morgan fingerprint density at radius 2 is 1.84 bits per heavy atom. The molecule has 0 unspecified atom stereocenters. The smallest absolute Gasteiger partial charge is 0.329 e. The zero-order chi connectivity index (χ0) is 22.3. The Bertz CT molecular complexity index is 1040. The van der Waals surface area contributed by atoms with E-state index >= 15 is 0 Å². The summed E-state index contributed by atoms with van der Waals surface area (Å²) >= 11 is 0. The largest absolute Gasteiger partial charge is 0.364 e. The molecule has 1 fully saturated rings. The van der Waals surface area contributed by atoms with Gasteiger partial charge < -0.3 is 10.2 Å². The van der Waals surface area contributed by atoms with Crippen LogP contribution in [0.25, 0.3) is 6.08 Å². The molecule has 5 heteroatoms. The standard InChI is InChI=1S/C26H31N3O2/c1-17(2)29-23-12-11-20(13-21(23)18(3)15-26(29,4)5)14-22-24(30)28(25(31)27-22)16-19-9-7-6-8-10-19/h6-14,17-18H,15-16H2,1-5H3,(H,27,31)/b22-14-/t18-/m0/s1. The van der Waals surface area contributed by atoms with Gasteiger partial charge in [-0.15, -0.1) is 0 Å². The zero-order valence-electron chi connectivity index (χ0n) is 19.0. The van der Waals surface area contributed by atoms with Gasteiger partial charge in [0.1, 0.15) is 5.70 Å². The molecule has 0 saturated carbocycles. The second-order valence-corrected chi connectivity index (χ2v) is 9.56. The number of urea groups is 1. The van der Waals surface area contributed by atoms with Crippen molar-refractivity contribution >= 4 is 23.7 Å². The molecule has 4 rings (SSSR count). The van der Waals surface area contributed by atoms with Gasteiger partial charge in [0.15, 0.2) is 0 Å². The number of nitrogens with one attached hydrogen (secondary N) is 1. The van der Waals surface area contributed by atoms with Crippen molar-refractivity contribution in [3.63, 3.8) is 0 Å². The SMILES string of the molecule is CC(C)N1c2ccc(/C=C3\NC(=O)N(Cc4ccccc4)C3=O)cc2[C@@H](C)CC1(C)C. The van der Waals surface area contributed by atoms with E-state index in [1.54, 1.807) is 6.08 Å². The molecule has 0 radical (unpaired) electrons. The first-order chi connectivity index (χ1) is 14.7. The van der Waals surface area contributed by atoms with Crippen LogP contribution in [0.5, 0.6) is 0 Å². The summed E-state index contributed by atoms with van der Waals surface area (Å²) < 4.78 is 0. The Hall–Kier alpha value is -3.08. The van der Waals surface area contributed by atoms with Crippen LogP contribution in [0.15, 0.2) is 54.2 Å². The maximum Gasteiger partial charge on any atom is 0.329 e. The van der Waals surface area contributed by atoms with Crippen molar-refractivity contribution in [2.45, 2.75) is 65.1 Å². The average molecular weight is 418 g/mol. The lowest BCUT2D eigenvalue weighted by Crippen LogP contribution is -2.51. The molecule has 2 aliphatic rings. The number of fused-ring (bicyclic) bond motifs is 1. The Kier molecular flexibility index (Phi) is 5.38. The highest BCUT2D eigenvalue weighted by Crippen LogP contribution is 2.44. The Morgan fingerprint density at radius 3 is 2.52 bits per heavy atom. The average Bonchev–Trinajstić information content (AvgIpc) is 2.95. The van der Waals surface area contributed by atoms with Gasteiger partial charge in [-0.2, -0.15) is 0 Å². The van der Waals surface area contributed by atoms with E-state index in [2.05, 4.69) is 57.0 Å². The van der Waals surface area contributed by atoms with Gasteiger partial charge in [0, 0.05) is 17.3 Å². The monoisotopic (exact) mass is 417 g/mol. The summed E-state index contributed by atoms with van der Waals surface area (Å²) in [5, 5.41) is 2.74. The summed E-state index contributed by atoms with van der Waals surface area (Å²) in [6.07, 6.45) is 2.86. The van der Waals surface area contributed by atoms with E-state index in [4.69, 9.17) is 0 Å². The Morgan fingerprint density at radius 1 is 1.13 bits per heavy atom. The number of carbonyl (C=O) groups is 2. The molecule has 1 saturated heterocycles. The van der Waals surface area contributed by atoms with Crippen LogP contribution in [0.1, 0.15) is 63.6 Å². The van der Waals surface area contributed by atoms with Crippen molar-refractivity contribution < 1.29 is 9.59 Å². The van der Waals surface area contributed by atoms with Crippen LogP contribution in [-0.2, 0) is 11.3 Å². The van der Waals surface area contributed by atoms with Crippen LogP contribution in [0.3, 0.4) is 0 Å². The molecule has 2 heterocycles. The fourth-order valence-corrected chi connectivity index (χ4v) is 5.19. The summed E-state index contributed by atoms with van der Waals surface area (Å²) in [4.78, 5) is 29.0. The molecule has 3 amide bonds. The van der Waals surface area contributed by atoms with E-state index in [1.807, 2.05) is 36.4 Å². The first-order valence-corrected chi connectivity index (χ1v) is 11.0. The van der Waals surface area contributed by atoms with Crippen molar-refractivity contribution in [3.8, 4) is 0 Å². The fraction of sp³-hybridized carbons (Fsp3) is 0.385. The highest BCUT2D eigenvalue weighted by Gasteiger charge is 2.38. The summed E-state index contributed by atoms with van der Waals surface area (Å²) in [6, 6.07) is 15.9. The van der Waals surface area contributed by atoms with E-state index < -0.39 is 0 Å². The van der Waals surface area contributed by atoms with Gasteiger partial charge in [0.2, 0.25) is 0 Å². The fourth-order valence-electron chi connectivity index (χ4n) is 5.19. The molecule has 2 aromatic carbocycles. The van der Waals surface area contributed by atoms with Gasteiger partial charge in [0.25, 0.3) is 5.91 Å². The van der Waals surface area contributed by atoms with Crippen LogP contribution in [0, 0.1) is 0 Å². The molecule has 1 atom stereocenters. The molecule has 2 aliphatic heterocycles. The van der Waals surface area contributed by atoms with Crippen LogP contribution in [0.4, 0.5) is 10.5 Å². The second-order valence-electron chi connectivity index (χ2n) is 9.56. The number of carbonyl (C=O) groups excluding carboxylic acids is 2. The topological polar surface area (TPSA) is 52.7 Å². The highest BCUT2D eigenvalue weighted by molar-refractivity contribution is 6.13. The zero-order valence-corrected chi connectivity index (χ0v) is 19.0. The van der Waals surface area contributed by atoms with Gasteiger partial charge in [-0.25, -0.2) is 4.79 Å². The number of hydrogen-bond donors (Lipinski definition) is 1. The van der Waals surface area contributed by atoms with E-state index in [0.717, 1.165) is 17.5 Å². The number of benzene rings is 2. The number of rotatable bonds is 4. The molecule has 2 aromatic rings. The van der Waals surface area contributed by atoms with Crippen LogP contribution in [-0.4, -0.2) is 28.4 Å². The van der Waals surface area contributed by atoms with Gasteiger partial charge in [-0.3, -0.25) is 9.69 Å². The quantitative estimate of drug-likeness (QED) is 0.544. The van der Waals surface area contributed by atoms with Crippen molar-refractivity contribution in [1.29, 1.82) is 0 Å². The normalized spacial score (nSPS) is 21.6. The summed E-state index contributed by atoms with van der Waals surface area (Å²) in [6.45, 7) is 11.6. The van der Waals surface area contributed by atoms with Crippen molar-refractivity contribution in [2.75, 3.05) is 4.90 Å². The number of nitrogens with zero attached hydrogens (tertiary/aromatic N) is 2. The van der Waals surface area contributed by atoms with Gasteiger partial charge >= 0.3 is 6.03 Å². The first kappa shape index (κ1) is 21.2. The highest BCUT2D eigenvalue weighted by atomic mass is 16.2. The van der Waals surface area contributed by atoms with Gasteiger partial charge in [-0.1, -0.05) is 43.3 Å².